The molecule has 0 radical (unpaired) electrons. The lowest BCUT2D eigenvalue weighted by Crippen LogP contribution is -2.45. The first-order valence-corrected chi connectivity index (χ1v) is 13.6. The highest BCUT2D eigenvalue weighted by Gasteiger charge is 2.41. The number of thioether (sulfide) groups is 1. The standard InChI is InChI=1S/C28H30F4N2O4S/c1-38-19-2-3-23-20(14-19)25(17(15-29)16-33-23)24(35)4-5-28(27(36)37)6-8-34(9-7-28)10-11-39-26-21(31)12-18(30)13-22(26)32/h2-3,12-14,16,24,35H,4-11,15H2,1H3,(H,36,37)/t24-/m1/s1. The number of aliphatic hydroxyl groups is 1. The second-order valence-electron chi connectivity index (χ2n) is 9.74. The third-order valence-corrected chi connectivity index (χ3v) is 8.52. The number of aliphatic carboxylic acids is 1. The minimum Gasteiger partial charge on any atom is -0.497 e. The van der Waals surface area contributed by atoms with E-state index in [-0.39, 0.29) is 23.3 Å². The molecule has 3 aromatic rings. The Kier molecular flexibility index (Phi) is 9.35. The molecule has 210 valence electrons. The van der Waals surface area contributed by atoms with Crippen molar-refractivity contribution < 1.29 is 37.3 Å². The van der Waals surface area contributed by atoms with Gasteiger partial charge in [-0.2, -0.15) is 0 Å². The summed E-state index contributed by atoms with van der Waals surface area (Å²) in [7, 11) is 1.50. The van der Waals surface area contributed by atoms with Crippen LogP contribution in [-0.4, -0.2) is 58.6 Å². The zero-order valence-electron chi connectivity index (χ0n) is 21.4. The second kappa shape index (κ2) is 12.5. The maximum absolute atomic E-state index is 13.9. The number of fused-ring (bicyclic) bond motifs is 1. The minimum atomic E-state index is -1.10. The minimum absolute atomic E-state index is 0.120. The number of benzene rings is 2. The molecule has 6 nitrogen and oxygen atoms in total. The normalized spacial score (nSPS) is 16.4. The number of piperidine rings is 1. The Morgan fingerprint density at radius 1 is 1.18 bits per heavy atom. The number of hydrogen-bond donors (Lipinski definition) is 2. The van der Waals surface area contributed by atoms with E-state index in [1.54, 1.807) is 18.2 Å². The van der Waals surface area contributed by atoms with E-state index in [2.05, 4.69) is 4.98 Å². The molecule has 1 aromatic heterocycles. The molecule has 1 aliphatic heterocycles. The molecule has 2 N–H and O–H groups in total. The van der Waals surface area contributed by atoms with E-state index in [0.29, 0.717) is 72.6 Å². The van der Waals surface area contributed by atoms with Gasteiger partial charge in [0.05, 0.1) is 29.0 Å². The molecule has 4 rings (SSSR count). The Labute approximate surface area is 228 Å². The predicted octanol–water partition coefficient (Wildman–Crippen LogP) is 5.90. The van der Waals surface area contributed by atoms with Crippen molar-refractivity contribution in [2.75, 3.05) is 32.5 Å². The molecule has 0 spiro atoms. The molecule has 11 heteroatoms. The number of pyridine rings is 1. The summed E-state index contributed by atoms with van der Waals surface area (Å²) in [6, 6.07) is 6.41. The lowest BCUT2D eigenvalue weighted by molar-refractivity contribution is -0.153. The van der Waals surface area contributed by atoms with Gasteiger partial charge in [-0.3, -0.25) is 9.78 Å². The summed E-state index contributed by atoms with van der Waals surface area (Å²) in [6.07, 6.45) is 1.27. The fraction of sp³-hybridized carbons (Fsp3) is 0.429. The molecule has 1 atom stereocenters. The number of ether oxygens (including phenoxy) is 1. The van der Waals surface area contributed by atoms with Crippen LogP contribution in [0.2, 0.25) is 0 Å². The van der Waals surface area contributed by atoms with Crippen LogP contribution in [0.5, 0.6) is 5.75 Å². The predicted molar refractivity (Wildman–Crippen MR) is 140 cm³/mol. The molecule has 2 heterocycles. The highest BCUT2D eigenvalue weighted by atomic mass is 32.2. The van der Waals surface area contributed by atoms with Gasteiger partial charge in [-0.25, -0.2) is 17.6 Å². The van der Waals surface area contributed by atoms with Gasteiger partial charge in [0, 0.05) is 41.6 Å². The molecule has 0 amide bonds. The third kappa shape index (κ3) is 6.47. The molecular weight excluding hydrogens is 536 g/mol. The van der Waals surface area contributed by atoms with E-state index in [1.807, 2.05) is 4.90 Å². The van der Waals surface area contributed by atoms with Gasteiger partial charge in [-0.05, 0) is 62.5 Å². The van der Waals surface area contributed by atoms with Gasteiger partial charge >= 0.3 is 5.97 Å². The molecule has 0 aliphatic carbocycles. The first kappa shape index (κ1) is 29.1. The van der Waals surface area contributed by atoms with Crippen molar-refractivity contribution in [3.8, 4) is 5.75 Å². The van der Waals surface area contributed by atoms with Crippen molar-refractivity contribution >= 4 is 28.6 Å². The Morgan fingerprint density at radius 2 is 1.87 bits per heavy atom. The van der Waals surface area contributed by atoms with Gasteiger partial charge in [0.1, 0.15) is 29.9 Å². The topological polar surface area (TPSA) is 82.9 Å². The lowest BCUT2D eigenvalue weighted by Gasteiger charge is -2.39. The van der Waals surface area contributed by atoms with Crippen molar-refractivity contribution in [1.29, 1.82) is 0 Å². The quantitative estimate of drug-likeness (QED) is 0.221. The Hall–Kier alpha value is -2.89. The summed E-state index contributed by atoms with van der Waals surface area (Å²) in [4.78, 5) is 18.4. The zero-order valence-corrected chi connectivity index (χ0v) is 22.2. The summed E-state index contributed by atoms with van der Waals surface area (Å²) in [5.41, 5.74) is 0.142. The van der Waals surface area contributed by atoms with Gasteiger partial charge < -0.3 is 19.8 Å². The van der Waals surface area contributed by atoms with Crippen molar-refractivity contribution in [2.24, 2.45) is 5.41 Å². The van der Waals surface area contributed by atoms with E-state index in [9.17, 15) is 32.6 Å². The van der Waals surface area contributed by atoms with Crippen LogP contribution in [0.4, 0.5) is 17.6 Å². The number of likely N-dealkylation sites (tertiary alicyclic amines) is 1. The van der Waals surface area contributed by atoms with Crippen LogP contribution < -0.4 is 4.74 Å². The van der Waals surface area contributed by atoms with Crippen molar-refractivity contribution in [3.05, 3.63) is 65.1 Å². The molecule has 0 bridgehead atoms. The number of carboxylic acids is 1. The summed E-state index contributed by atoms with van der Waals surface area (Å²) in [6.45, 7) is 0.574. The van der Waals surface area contributed by atoms with Crippen LogP contribution in [0.15, 0.2) is 41.4 Å². The van der Waals surface area contributed by atoms with Crippen LogP contribution in [0.3, 0.4) is 0 Å². The van der Waals surface area contributed by atoms with Crippen LogP contribution in [0.25, 0.3) is 10.9 Å². The van der Waals surface area contributed by atoms with E-state index >= 15 is 0 Å². The van der Waals surface area contributed by atoms with Crippen molar-refractivity contribution in [1.82, 2.24) is 9.88 Å². The van der Waals surface area contributed by atoms with Crippen LogP contribution in [0.1, 0.15) is 42.9 Å². The first-order valence-electron chi connectivity index (χ1n) is 12.6. The molecule has 39 heavy (non-hydrogen) atoms. The highest BCUT2D eigenvalue weighted by molar-refractivity contribution is 7.99. The zero-order chi connectivity index (χ0) is 28.2. The second-order valence-corrected chi connectivity index (χ2v) is 10.8. The maximum atomic E-state index is 13.9. The molecular formula is C28H30F4N2O4S. The number of carbonyl (C=O) groups is 1. The van der Waals surface area contributed by atoms with E-state index < -0.39 is 41.6 Å². The smallest absolute Gasteiger partial charge is 0.309 e. The number of nitrogens with zero attached hydrogens (tertiary/aromatic N) is 2. The molecule has 1 aliphatic rings. The number of methoxy groups -OCH3 is 1. The van der Waals surface area contributed by atoms with Crippen LogP contribution in [0, 0.1) is 22.9 Å². The van der Waals surface area contributed by atoms with Gasteiger partial charge in [-0.15, -0.1) is 11.8 Å². The summed E-state index contributed by atoms with van der Waals surface area (Å²) in [5, 5.41) is 21.8. The monoisotopic (exact) mass is 566 g/mol. The number of carboxylic acid groups (broad SMARTS) is 1. The Bertz CT molecular complexity index is 1310. The number of hydrogen-bond acceptors (Lipinski definition) is 6. The number of aromatic nitrogens is 1. The number of rotatable bonds is 11. The average Bonchev–Trinajstić information content (AvgIpc) is 2.92. The fourth-order valence-corrected chi connectivity index (χ4v) is 6.08. The molecule has 1 saturated heterocycles. The number of halogens is 4. The fourth-order valence-electron chi connectivity index (χ4n) is 5.14. The Morgan fingerprint density at radius 3 is 2.49 bits per heavy atom. The lowest BCUT2D eigenvalue weighted by atomic mass is 9.74. The molecule has 2 aromatic carbocycles. The first-order chi connectivity index (χ1) is 18.7. The van der Waals surface area contributed by atoms with Gasteiger partial charge in [0.25, 0.3) is 0 Å². The molecule has 0 unspecified atom stereocenters. The maximum Gasteiger partial charge on any atom is 0.309 e. The largest absolute Gasteiger partial charge is 0.497 e. The number of aliphatic hydroxyl groups excluding tert-OH is 1. The number of alkyl halides is 1. The van der Waals surface area contributed by atoms with Crippen LogP contribution in [-0.2, 0) is 11.5 Å². The van der Waals surface area contributed by atoms with Gasteiger partial charge in [0.2, 0.25) is 0 Å². The van der Waals surface area contributed by atoms with E-state index in [1.165, 1.54) is 13.3 Å². The summed E-state index contributed by atoms with van der Waals surface area (Å²) < 4.78 is 60.0. The van der Waals surface area contributed by atoms with Crippen molar-refractivity contribution in [3.63, 3.8) is 0 Å². The SMILES string of the molecule is COc1ccc2ncc(CF)c([C@H](O)CCC3(C(=O)O)CCN(CCSc4c(F)cc(F)cc4F)CC3)c2c1. The van der Waals surface area contributed by atoms with Crippen LogP contribution >= 0.6 is 11.8 Å². The molecule has 0 saturated carbocycles. The van der Waals surface area contributed by atoms with Crippen molar-refractivity contribution in [2.45, 2.75) is 43.4 Å². The van der Waals surface area contributed by atoms with E-state index in [4.69, 9.17) is 4.74 Å². The summed E-state index contributed by atoms with van der Waals surface area (Å²) in [5.74, 6) is -2.94. The third-order valence-electron chi connectivity index (χ3n) is 7.46. The van der Waals surface area contributed by atoms with Gasteiger partial charge in [-0.1, -0.05) is 0 Å². The Balaban J connectivity index is 1.39. The highest BCUT2D eigenvalue weighted by Crippen LogP contribution is 2.40. The van der Waals surface area contributed by atoms with Gasteiger partial charge in [0.15, 0.2) is 0 Å². The van der Waals surface area contributed by atoms with E-state index in [0.717, 1.165) is 11.8 Å². The summed E-state index contributed by atoms with van der Waals surface area (Å²) >= 11 is 0.949. The average molecular weight is 567 g/mol. The molecule has 1 fully saturated rings.